The van der Waals surface area contributed by atoms with Gasteiger partial charge in [-0.3, -0.25) is 0 Å². The van der Waals surface area contributed by atoms with E-state index in [1.165, 1.54) is 6.42 Å². The van der Waals surface area contributed by atoms with Crippen LogP contribution in [0.25, 0.3) is 0 Å². The van der Waals surface area contributed by atoms with Crippen LogP contribution in [0.15, 0.2) is 24.3 Å². The molecule has 1 N–H and O–H groups in total. The number of benzene rings is 1. The Morgan fingerprint density at radius 2 is 2.21 bits per heavy atom. The molecule has 1 fully saturated rings. The van der Waals surface area contributed by atoms with Gasteiger partial charge >= 0.3 is 0 Å². The van der Waals surface area contributed by atoms with Gasteiger partial charge in [0.2, 0.25) is 0 Å². The Morgan fingerprint density at radius 1 is 1.47 bits per heavy atom. The molecule has 2 atom stereocenters. The molecule has 0 aliphatic carbocycles. The predicted molar refractivity (Wildman–Crippen MR) is 72.9 cm³/mol. The van der Waals surface area contributed by atoms with Gasteiger partial charge in [-0.25, -0.2) is 0 Å². The Hall–Kier alpha value is -1.57. The molecule has 102 valence electrons. The minimum absolute atomic E-state index is 0.288. The zero-order chi connectivity index (χ0) is 13.7. The molecular formula is C15H20N2O2. The molecule has 1 heterocycles. The summed E-state index contributed by atoms with van der Waals surface area (Å²) in [6, 6.07) is 8.99. The van der Waals surface area contributed by atoms with E-state index < -0.39 is 6.10 Å². The number of aliphatic hydroxyl groups is 1. The van der Waals surface area contributed by atoms with E-state index in [1.807, 2.05) is 0 Å². The number of β-amino-alcohol motifs (C(OH)–C–C–N with tert-alkyl or cyclic N) is 1. The summed E-state index contributed by atoms with van der Waals surface area (Å²) < 4.78 is 5.52. The highest BCUT2D eigenvalue weighted by Crippen LogP contribution is 2.16. The van der Waals surface area contributed by atoms with E-state index in [2.05, 4.69) is 17.9 Å². The van der Waals surface area contributed by atoms with Crippen molar-refractivity contribution in [3.63, 3.8) is 0 Å². The summed E-state index contributed by atoms with van der Waals surface area (Å²) in [5, 5.41) is 18.6. The predicted octanol–water partition coefficient (Wildman–Crippen LogP) is 1.64. The number of hydrogen-bond acceptors (Lipinski definition) is 4. The zero-order valence-electron chi connectivity index (χ0n) is 11.2. The van der Waals surface area contributed by atoms with Crippen LogP contribution in [0.1, 0.15) is 18.9 Å². The van der Waals surface area contributed by atoms with E-state index in [4.69, 9.17) is 10.00 Å². The third kappa shape index (κ3) is 4.23. The van der Waals surface area contributed by atoms with Crippen molar-refractivity contribution in [2.75, 3.05) is 26.2 Å². The third-order valence-electron chi connectivity index (χ3n) is 3.40. The normalized spacial score (nSPS) is 21.0. The van der Waals surface area contributed by atoms with Crippen molar-refractivity contribution in [1.29, 1.82) is 5.26 Å². The molecule has 2 rings (SSSR count). The number of likely N-dealkylation sites (tertiary alicyclic amines) is 1. The van der Waals surface area contributed by atoms with Crippen LogP contribution in [-0.2, 0) is 0 Å². The van der Waals surface area contributed by atoms with E-state index in [9.17, 15) is 5.11 Å². The number of aliphatic hydroxyl groups excluding tert-OH is 1. The van der Waals surface area contributed by atoms with Crippen molar-refractivity contribution in [3.8, 4) is 11.8 Å². The molecule has 0 radical (unpaired) electrons. The van der Waals surface area contributed by atoms with Gasteiger partial charge in [0.1, 0.15) is 18.5 Å². The smallest absolute Gasteiger partial charge is 0.119 e. The summed E-state index contributed by atoms with van der Waals surface area (Å²) in [6.45, 7) is 5.32. The van der Waals surface area contributed by atoms with Gasteiger partial charge in [-0.05, 0) is 43.1 Å². The van der Waals surface area contributed by atoms with E-state index >= 15 is 0 Å². The van der Waals surface area contributed by atoms with Crippen LogP contribution >= 0.6 is 0 Å². The minimum Gasteiger partial charge on any atom is -0.491 e. The molecule has 0 spiro atoms. The summed E-state index contributed by atoms with van der Waals surface area (Å²) in [7, 11) is 0. The second-order valence-electron chi connectivity index (χ2n) is 5.25. The maximum absolute atomic E-state index is 9.94. The summed E-state index contributed by atoms with van der Waals surface area (Å²) >= 11 is 0. The summed E-state index contributed by atoms with van der Waals surface area (Å²) in [5.74, 6) is 1.42. The molecule has 2 unspecified atom stereocenters. The highest BCUT2D eigenvalue weighted by atomic mass is 16.5. The van der Waals surface area contributed by atoms with Crippen LogP contribution < -0.4 is 4.74 Å². The number of hydrogen-bond donors (Lipinski definition) is 1. The second-order valence-corrected chi connectivity index (χ2v) is 5.25. The number of rotatable bonds is 5. The largest absolute Gasteiger partial charge is 0.491 e. The third-order valence-corrected chi connectivity index (χ3v) is 3.40. The van der Waals surface area contributed by atoms with E-state index in [0.717, 1.165) is 19.0 Å². The van der Waals surface area contributed by atoms with E-state index in [-0.39, 0.29) is 6.61 Å². The van der Waals surface area contributed by atoms with Gasteiger partial charge in [0.25, 0.3) is 0 Å². The average Bonchev–Trinajstić information content (AvgIpc) is 2.82. The van der Waals surface area contributed by atoms with Crippen molar-refractivity contribution in [2.45, 2.75) is 19.4 Å². The summed E-state index contributed by atoms with van der Waals surface area (Å²) in [6.07, 6.45) is 0.740. The molecule has 0 bridgehead atoms. The Labute approximate surface area is 114 Å². The first-order chi connectivity index (χ1) is 9.17. The van der Waals surface area contributed by atoms with E-state index in [0.29, 0.717) is 17.9 Å². The number of nitrogens with zero attached hydrogens (tertiary/aromatic N) is 2. The van der Waals surface area contributed by atoms with Gasteiger partial charge in [-0.1, -0.05) is 6.92 Å². The minimum atomic E-state index is -0.471. The van der Waals surface area contributed by atoms with Crippen LogP contribution in [0.2, 0.25) is 0 Å². The molecule has 1 aromatic rings. The monoisotopic (exact) mass is 260 g/mol. The molecular weight excluding hydrogens is 240 g/mol. The van der Waals surface area contributed by atoms with Gasteiger partial charge in [0.15, 0.2) is 0 Å². The zero-order valence-corrected chi connectivity index (χ0v) is 11.2. The summed E-state index contributed by atoms with van der Waals surface area (Å²) in [4.78, 5) is 2.28. The lowest BCUT2D eigenvalue weighted by atomic mass is 10.2. The Kier molecular flexibility index (Phi) is 4.78. The first-order valence-electron chi connectivity index (χ1n) is 6.70. The van der Waals surface area contributed by atoms with Crippen LogP contribution in [-0.4, -0.2) is 42.4 Å². The quantitative estimate of drug-likeness (QED) is 0.874. The Morgan fingerprint density at radius 3 is 2.79 bits per heavy atom. The fourth-order valence-corrected chi connectivity index (χ4v) is 2.36. The molecule has 4 nitrogen and oxygen atoms in total. The van der Waals surface area contributed by atoms with Crippen molar-refractivity contribution in [1.82, 2.24) is 4.90 Å². The molecule has 4 heteroatoms. The molecule has 0 saturated carbocycles. The molecule has 1 aliphatic heterocycles. The highest BCUT2D eigenvalue weighted by Gasteiger charge is 2.20. The van der Waals surface area contributed by atoms with Gasteiger partial charge in [-0.15, -0.1) is 0 Å². The van der Waals surface area contributed by atoms with Crippen LogP contribution in [0.3, 0.4) is 0 Å². The van der Waals surface area contributed by atoms with Crippen LogP contribution in [0.5, 0.6) is 5.75 Å². The number of nitriles is 1. The maximum atomic E-state index is 9.94. The van der Waals surface area contributed by atoms with Gasteiger partial charge in [0, 0.05) is 13.1 Å². The lowest BCUT2D eigenvalue weighted by Crippen LogP contribution is -2.34. The average molecular weight is 260 g/mol. The van der Waals surface area contributed by atoms with Crippen molar-refractivity contribution < 1.29 is 9.84 Å². The molecule has 19 heavy (non-hydrogen) atoms. The van der Waals surface area contributed by atoms with Gasteiger partial charge < -0.3 is 14.7 Å². The lowest BCUT2D eigenvalue weighted by Gasteiger charge is -2.20. The second kappa shape index (κ2) is 6.55. The summed E-state index contributed by atoms with van der Waals surface area (Å²) in [5.41, 5.74) is 0.610. The highest BCUT2D eigenvalue weighted by molar-refractivity contribution is 5.34. The lowest BCUT2D eigenvalue weighted by molar-refractivity contribution is 0.0749. The first kappa shape index (κ1) is 13.9. The van der Waals surface area contributed by atoms with Gasteiger partial charge in [0.05, 0.1) is 11.6 Å². The topological polar surface area (TPSA) is 56.5 Å². The van der Waals surface area contributed by atoms with Crippen molar-refractivity contribution >= 4 is 0 Å². The van der Waals surface area contributed by atoms with Crippen molar-refractivity contribution in [3.05, 3.63) is 29.8 Å². The first-order valence-corrected chi connectivity index (χ1v) is 6.70. The fraction of sp³-hybridized carbons (Fsp3) is 0.533. The number of ether oxygens (including phenoxy) is 1. The van der Waals surface area contributed by atoms with E-state index in [1.54, 1.807) is 24.3 Å². The maximum Gasteiger partial charge on any atom is 0.119 e. The molecule has 1 aromatic carbocycles. The Bertz CT molecular complexity index is 438. The van der Waals surface area contributed by atoms with Gasteiger partial charge in [-0.2, -0.15) is 5.26 Å². The van der Waals surface area contributed by atoms with Crippen LogP contribution in [0.4, 0.5) is 0 Å². The van der Waals surface area contributed by atoms with Crippen LogP contribution in [0, 0.1) is 17.2 Å². The standard InChI is InChI=1S/C15H20N2O2/c1-12-6-7-17(9-12)10-14(18)11-19-15-4-2-13(8-16)3-5-15/h2-5,12,14,18H,6-7,9-11H2,1H3. The molecule has 1 saturated heterocycles. The SMILES string of the molecule is CC1CCN(CC(O)COc2ccc(C#N)cc2)C1. The Balaban J connectivity index is 1.73. The molecule has 0 aromatic heterocycles. The fourth-order valence-electron chi connectivity index (χ4n) is 2.36. The molecule has 0 amide bonds. The van der Waals surface area contributed by atoms with Crippen molar-refractivity contribution in [2.24, 2.45) is 5.92 Å². The molecule has 1 aliphatic rings.